The van der Waals surface area contributed by atoms with Crippen LogP contribution in [0.5, 0.6) is 0 Å². The van der Waals surface area contributed by atoms with Gasteiger partial charge in [-0.05, 0) is 26.0 Å². The van der Waals surface area contributed by atoms with Gasteiger partial charge in [0.15, 0.2) is 0 Å². The van der Waals surface area contributed by atoms with Crippen LogP contribution in [-0.4, -0.2) is 11.7 Å². The summed E-state index contributed by atoms with van der Waals surface area (Å²) in [7, 11) is 0. The van der Waals surface area contributed by atoms with E-state index in [2.05, 4.69) is 15.8 Å². The van der Waals surface area contributed by atoms with E-state index < -0.39 is 0 Å². The number of benzene rings is 1. The van der Waals surface area contributed by atoms with Crippen molar-refractivity contribution in [2.24, 2.45) is 5.10 Å². The van der Waals surface area contributed by atoms with Crippen LogP contribution in [0.2, 0.25) is 0 Å². The lowest BCUT2D eigenvalue weighted by atomic mass is 10.3. The van der Waals surface area contributed by atoms with Crippen LogP contribution in [0.25, 0.3) is 0 Å². The fourth-order valence-corrected chi connectivity index (χ4v) is 0.843. The van der Waals surface area contributed by atoms with Crippen molar-refractivity contribution >= 4 is 17.4 Å². The standard InChI is InChI=1S/C10H13N3O/c1-8(2)12-13-10(14)11-9-6-4-3-5-7-9/h3-7H,1-2H3,(H2,11,13,14). The van der Waals surface area contributed by atoms with Crippen LogP contribution in [0.3, 0.4) is 0 Å². The number of hydrogen-bond donors (Lipinski definition) is 2. The molecule has 0 aliphatic carbocycles. The third-order valence-electron chi connectivity index (χ3n) is 1.41. The molecule has 0 saturated carbocycles. The summed E-state index contributed by atoms with van der Waals surface area (Å²) in [6, 6.07) is 8.87. The molecule has 0 aliphatic rings. The van der Waals surface area contributed by atoms with Gasteiger partial charge in [0.2, 0.25) is 0 Å². The number of hydrogen-bond acceptors (Lipinski definition) is 2. The molecular weight excluding hydrogens is 178 g/mol. The van der Waals surface area contributed by atoms with Crippen molar-refractivity contribution in [1.82, 2.24) is 5.43 Å². The van der Waals surface area contributed by atoms with Gasteiger partial charge in [0.05, 0.1) is 0 Å². The monoisotopic (exact) mass is 191 g/mol. The van der Waals surface area contributed by atoms with Crippen LogP contribution in [-0.2, 0) is 0 Å². The lowest BCUT2D eigenvalue weighted by Crippen LogP contribution is -2.24. The topological polar surface area (TPSA) is 53.5 Å². The number of nitrogens with one attached hydrogen (secondary N) is 2. The minimum absolute atomic E-state index is 0.336. The molecule has 0 atom stereocenters. The van der Waals surface area contributed by atoms with E-state index in [1.165, 1.54) is 0 Å². The average Bonchev–Trinajstić information content (AvgIpc) is 2.16. The molecule has 14 heavy (non-hydrogen) atoms. The number of rotatable bonds is 2. The van der Waals surface area contributed by atoms with Crippen molar-refractivity contribution in [3.05, 3.63) is 30.3 Å². The van der Waals surface area contributed by atoms with Gasteiger partial charge in [0.25, 0.3) is 0 Å². The predicted octanol–water partition coefficient (Wildman–Crippen LogP) is 2.20. The summed E-state index contributed by atoms with van der Waals surface area (Å²) in [6.07, 6.45) is 0. The van der Waals surface area contributed by atoms with Gasteiger partial charge in [0, 0.05) is 11.4 Å². The molecule has 1 rings (SSSR count). The fourth-order valence-electron chi connectivity index (χ4n) is 0.843. The zero-order valence-corrected chi connectivity index (χ0v) is 8.24. The first-order chi connectivity index (χ1) is 6.68. The molecule has 74 valence electrons. The first-order valence-electron chi connectivity index (χ1n) is 4.31. The number of para-hydroxylation sites is 1. The molecule has 4 nitrogen and oxygen atoms in total. The second kappa shape index (κ2) is 5.01. The molecule has 1 aromatic carbocycles. The number of anilines is 1. The van der Waals surface area contributed by atoms with Gasteiger partial charge in [-0.2, -0.15) is 5.10 Å². The molecule has 0 unspecified atom stereocenters. The molecule has 0 aliphatic heterocycles. The van der Waals surface area contributed by atoms with Crippen LogP contribution in [0.15, 0.2) is 35.4 Å². The number of nitrogens with zero attached hydrogens (tertiary/aromatic N) is 1. The minimum Gasteiger partial charge on any atom is -0.307 e. The lowest BCUT2D eigenvalue weighted by Gasteiger charge is -2.03. The summed E-state index contributed by atoms with van der Waals surface area (Å²) in [5.74, 6) is 0. The zero-order valence-electron chi connectivity index (χ0n) is 8.24. The summed E-state index contributed by atoms with van der Waals surface area (Å²) < 4.78 is 0. The van der Waals surface area contributed by atoms with E-state index in [-0.39, 0.29) is 6.03 Å². The SMILES string of the molecule is CC(C)=NNC(=O)Nc1ccccc1. The highest BCUT2D eigenvalue weighted by molar-refractivity contribution is 5.90. The van der Waals surface area contributed by atoms with Crippen molar-refractivity contribution < 1.29 is 4.79 Å². The summed E-state index contributed by atoms with van der Waals surface area (Å²) in [5.41, 5.74) is 3.91. The number of hydrazone groups is 1. The van der Waals surface area contributed by atoms with E-state index in [1.807, 2.05) is 44.2 Å². The Kier molecular flexibility index (Phi) is 3.67. The van der Waals surface area contributed by atoms with Gasteiger partial charge in [0.1, 0.15) is 0 Å². The average molecular weight is 191 g/mol. The van der Waals surface area contributed by atoms with Gasteiger partial charge in [-0.1, -0.05) is 18.2 Å². The van der Waals surface area contributed by atoms with E-state index in [0.717, 1.165) is 11.4 Å². The van der Waals surface area contributed by atoms with E-state index in [0.29, 0.717) is 0 Å². The number of urea groups is 1. The van der Waals surface area contributed by atoms with Gasteiger partial charge in [-0.25, -0.2) is 10.2 Å². The van der Waals surface area contributed by atoms with Gasteiger partial charge in [-0.3, -0.25) is 0 Å². The van der Waals surface area contributed by atoms with Crippen molar-refractivity contribution in [2.75, 3.05) is 5.32 Å². The Morgan fingerprint density at radius 2 is 1.86 bits per heavy atom. The van der Waals surface area contributed by atoms with Crippen molar-refractivity contribution in [3.8, 4) is 0 Å². The molecular formula is C10H13N3O. The first-order valence-corrected chi connectivity index (χ1v) is 4.31. The quantitative estimate of drug-likeness (QED) is 0.546. The normalized spacial score (nSPS) is 9.00. The predicted molar refractivity (Wildman–Crippen MR) is 57.4 cm³/mol. The Hall–Kier alpha value is -1.84. The maximum atomic E-state index is 11.2. The molecule has 4 heteroatoms. The molecule has 0 bridgehead atoms. The fraction of sp³-hybridized carbons (Fsp3) is 0.200. The molecule has 2 N–H and O–H groups in total. The van der Waals surface area contributed by atoms with E-state index in [4.69, 9.17) is 0 Å². The van der Waals surface area contributed by atoms with Crippen molar-refractivity contribution in [2.45, 2.75) is 13.8 Å². The second-order valence-electron chi connectivity index (χ2n) is 2.99. The molecule has 0 heterocycles. The molecule has 2 amide bonds. The van der Waals surface area contributed by atoms with Crippen LogP contribution >= 0.6 is 0 Å². The van der Waals surface area contributed by atoms with Crippen molar-refractivity contribution in [1.29, 1.82) is 0 Å². The minimum atomic E-state index is -0.336. The maximum absolute atomic E-state index is 11.2. The zero-order chi connectivity index (χ0) is 10.4. The molecule has 1 aromatic rings. The summed E-state index contributed by atoms with van der Waals surface area (Å²) in [4.78, 5) is 11.2. The Morgan fingerprint density at radius 3 is 2.43 bits per heavy atom. The van der Waals surface area contributed by atoms with Gasteiger partial charge < -0.3 is 5.32 Å². The van der Waals surface area contributed by atoms with Crippen LogP contribution in [0, 0.1) is 0 Å². The molecule has 0 saturated heterocycles. The maximum Gasteiger partial charge on any atom is 0.339 e. The molecule has 0 radical (unpaired) electrons. The number of carbonyl (C=O) groups is 1. The number of amides is 2. The second-order valence-corrected chi connectivity index (χ2v) is 2.99. The smallest absolute Gasteiger partial charge is 0.307 e. The van der Waals surface area contributed by atoms with E-state index >= 15 is 0 Å². The largest absolute Gasteiger partial charge is 0.339 e. The van der Waals surface area contributed by atoms with Crippen LogP contribution in [0.4, 0.5) is 10.5 Å². The summed E-state index contributed by atoms with van der Waals surface area (Å²) >= 11 is 0. The van der Waals surface area contributed by atoms with Crippen LogP contribution in [0.1, 0.15) is 13.8 Å². The first kappa shape index (κ1) is 10.2. The van der Waals surface area contributed by atoms with E-state index in [1.54, 1.807) is 0 Å². The highest BCUT2D eigenvalue weighted by Crippen LogP contribution is 2.03. The Balaban J connectivity index is 2.46. The Bertz CT molecular complexity index is 328. The third kappa shape index (κ3) is 3.71. The van der Waals surface area contributed by atoms with Gasteiger partial charge in [-0.15, -0.1) is 0 Å². The molecule has 0 spiro atoms. The highest BCUT2D eigenvalue weighted by Gasteiger charge is 1.97. The molecule has 0 aromatic heterocycles. The van der Waals surface area contributed by atoms with Crippen molar-refractivity contribution in [3.63, 3.8) is 0 Å². The van der Waals surface area contributed by atoms with Crippen LogP contribution < -0.4 is 10.7 Å². The third-order valence-corrected chi connectivity index (χ3v) is 1.41. The lowest BCUT2D eigenvalue weighted by molar-refractivity contribution is 0.252. The number of carbonyl (C=O) groups excluding carboxylic acids is 1. The summed E-state index contributed by atoms with van der Waals surface area (Å²) in [6.45, 7) is 3.62. The Morgan fingerprint density at radius 1 is 1.21 bits per heavy atom. The Labute approximate surface area is 83.0 Å². The van der Waals surface area contributed by atoms with E-state index in [9.17, 15) is 4.79 Å². The highest BCUT2D eigenvalue weighted by atomic mass is 16.2. The summed E-state index contributed by atoms with van der Waals surface area (Å²) in [5, 5.41) is 6.42. The van der Waals surface area contributed by atoms with Gasteiger partial charge >= 0.3 is 6.03 Å². The molecule has 0 fully saturated rings.